The number of aromatic nitrogens is 1. The van der Waals surface area contributed by atoms with Gasteiger partial charge >= 0.3 is 5.97 Å². The number of carbonyl (C=O) groups is 2. The molecule has 0 saturated carbocycles. The Morgan fingerprint density at radius 2 is 1.83 bits per heavy atom. The molecule has 0 spiro atoms. The number of nitrogens with one attached hydrogen (secondary N) is 2. The van der Waals surface area contributed by atoms with E-state index in [4.69, 9.17) is 16.3 Å². The van der Waals surface area contributed by atoms with Gasteiger partial charge in [0.05, 0.1) is 24.4 Å². The minimum atomic E-state index is -0.460. The quantitative estimate of drug-likeness (QED) is 0.645. The predicted octanol–water partition coefficient (Wildman–Crippen LogP) is 3.75. The Morgan fingerprint density at radius 3 is 2.39 bits per heavy atom. The number of halogens is 1. The zero-order chi connectivity index (χ0) is 17.1. The lowest BCUT2D eigenvalue weighted by Gasteiger charge is -2.14. The summed E-state index contributed by atoms with van der Waals surface area (Å²) in [6, 6.07) is 6.65. The van der Waals surface area contributed by atoms with Crippen LogP contribution in [-0.2, 0) is 4.74 Å². The molecule has 1 heterocycles. The number of benzene rings is 1. The van der Waals surface area contributed by atoms with Crippen molar-refractivity contribution in [1.82, 2.24) is 4.98 Å². The van der Waals surface area contributed by atoms with Crippen LogP contribution in [0.3, 0.4) is 0 Å². The Morgan fingerprint density at radius 1 is 1.22 bits per heavy atom. The molecule has 0 aliphatic rings. The second kappa shape index (κ2) is 6.87. The fourth-order valence-corrected chi connectivity index (χ4v) is 2.61. The van der Waals surface area contributed by atoms with E-state index in [1.54, 1.807) is 45.0 Å². The summed E-state index contributed by atoms with van der Waals surface area (Å²) in [5.74, 6) is -0.579. The Kier molecular flexibility index (Phi) is 5.11. The first kappa shape index (κ1) is 17.1. The van der Waals surface area contributed by atoms with Gasteiger partial charge in [0.15, 0.2) is 0 Å². The van der Waals surface area contributed by atoms with Gasteiger partial charge < -0.3 is 15.0 Å². The zero-order valence-electron chi connectivity index (χ0n) is 13.5. The monoisotopic (exact) mass is 334 g/mol. The number of carbonyl (C=O) groups excluding carboxylic acids is 2. The fourth-order valence-electron chi connectivity index (χ4n) is 2.48. The van der Waals surface area contributed by atoms with Crippen LogP contribution < -0.4 is 5.32 Å². The summed E-state index contributed by atoms with van der Waals surface area (Å²) >= 11 is 5.85. The van der Waals surface area contributed by atoms with Gasteiger partial charge in [-0.1, -0.05) is 11.6 Å². The van der Waals surface area contributed by atoms with E-state index in [-0.39, 0.29) is 5.78 Å². The number of anilines is 1. The first-order chi connectivity index (χ1) is 10.8. The highest BCUT2D eigenvalue weighted by Crippen LogP contribution is 2.21. The predicted molar refractivity (Wildman–Crippen MR) is 90.5 cm³/mol. The normalized spacial score (nSPS) is 11.9. The van der Waals surface area contributed by atoms with Gasteiger partial charge in [0.2, 0.25) is 5.78 Å². The van der Waals surface area contributed by atoms with Crippen LogP contribution in [0.5, 0.6) is 0 Å². The number of rotatable bonds is 5. The van der Waals surface area contributed by atoms with Crippen LogP contribution in [0.2, 0.25) is 5.02 Å². The number of esters is 1. The number of hydrogen-bond donors (Lipinski definition) is 2. The number of H-pyrrole nitrogens is 1. The number of hydrogen-bond acceptors (Lipinski definition) is 4. The maximum Gasteiger partial charge on any atom is 0.339 e. The average Bonchev–Trinajstić information content (AvgIpc) is 2.82. The lowest BCUT2D eigenvalue weighted by molar-refractivity contribution is 0.0599. The van der Waals surface area contributed by atoms with Crippen molar-refractivity contribution in [3.8, 4) is 0 Å². The molecule has 1 atom stereocenters. The SMILES string of the molecule is COC(=O)c1c(C)[nH]c(C(=O)[C@H](C)Nc2ccc(Cl)cc2)c1C. The maximum absolute atomic E-state index is 12.6. The van der Waals surface area contributed by atoms with Crippen LogP contribution in [0, 0.1) is 13.8 Å². The van der Waals surface area contributed by atoms with E-state index in [1.165, 1.54) is 7.11 Å². The summed E-state index contributed by atoms with van der Waals surface area (Å²) in [6.07, 6.45) is 0. The van der Waals surface area contributed by atoms with E-state index >= 15 is 0 Å². The minimum Gasteiger partial charge on any atom is -0.465 e. The van der Waals surface area contributed by atoms with Crippen molar-refractivity contribution in [2.24, 2.45) is 0 Å². The van der Waals surface area contributed by atoms with E-state index in [9.17, 15) is 9.59 Å². The van der Waals surface area contributed by atoms with Crippen molar-refractivity contribution in [1.29, 1.82) is 0 Å². The van der Waals surface area contributed by atoms with Crippen LogP contribution in [-0.4, -0.2) is 29.9 Å². The summed E-state index contributed by atoms with van der Waals surface area (Å²) in [6.45, 7) is 5.25. The number of ketones is 1. The lowest BCUT2D eigenvalue weighted by Crippen LogP contribution is -2.27. The smallest absolute Gasteiger partial charge is 0.339 e. The lowest BCUT2D eigenvalue weighted by atomic mass is 10.0. The van der Waals surface area contributed by atoms with Crippen LogP contribution in [0.15, 0.2) is 24.3 Å². The van der Waals surface area contributed by atoms with E-state index in [2.05, 4.69) is 10.3 Å². The first-order valence-electron chi connectivity index (χ1n) is 7.19. The van der Waals surface area contributed by atoms with E-state index < -0.39 is 12.0 Å². The van der Waals surface area contributed by atoms with E-state index in [0.717, 1.165) is 5.69 Å². The van der Waals surface area contributed by atoms with E-state index in [0.29, 0.717) is 27.5 Å². The summed E-state index contributed by atoms with van der Waals surface area (Å²) in [5, 5.41) is 3.75. The third kappa shape index (κ3) is 3.56. The van der Waals surface area contributed by atoms with Crippen molar-refractivity contribution >= 4 is 29.0 Å². The number of methoxy groups -OCH3 is 1. The van der Waals surface area contributed by atoms with Gasteiger partial charge in [0.1, 0.15) is 0 Å². The fraction of sp³-hybridized carbons (Fsp3) is 0.294. The van der Waals surface area contributed by atoms with Crippen LogP contribution >= 0.6 is 11.6 Å². The Hall–Kier alpha value is -2.27. The summed E-state index contributed by atoms with van der Waals surface area (Å²) in [4.78, 5) is 27.4. The molecule has 0 bridgehead atoms. The summed E-state index contributed by atoms with van der Waals surface area (Å²) < 4.78 is 4.76. The van der Waals surface area contributed by atoms with Crippen LogP contribution in [0.25, 0.3) is 0 Å². The molecule has 23 heavy (non-hydrogen) atoms. The van der Waals surface area contributed by atoms with Crippen molar-refractivity contribution in [2.45, 2.75) is 26.8 Å². The van der Waals surface area contributed by atoms with Gasteiger partial charge in [0.25, 0.3) is 0 Å². The minimum absolute atomic E-state index is 0.129. The molecule has 0 amide bonds. The third-order valence-corrected chi connectivity index (χ3v) is 3.95. The molecule has 5 nitrogen and oxygen atoms in total. The molecule has 1 aromatic carbocycles. The second-order valence-electron chi connectivity index (χ2n) is 5.35. The molecule has 6 heteroatoms. The Balaban J connectivity index is 2.23. The second-order valence-corrected chi connectivity index (χ2v) is 5.79. The van der Waals surface area contributed by atoms with Gasteiger partial charge in [0, 0.05) is 16.4 Å². The standard InChI is InChI=1S/C17H19ClN2O3/c1-9-14(17(22)23-4)10(2)20-15(9)16(21)11(3)19-13-7-5-12(18)6-8-13/h5-8,11,19-20H,1-4H3/t11-/m0/s1. The number of Topliss-reactive ketones (excluding diaryl/α,β-unsaturated/α-hetero) is 1. The first-order valence-corrected chi connectivity index (χ1v) is 7.56. The molecule has 0 saturated heterocycles. The molecule has 122 valence electrons. The topological polar surface area (TPSA) is 71.2 Å². The van der Waals surface area contributed by atoms with Crippen LogP contribution in [0.1, 0.15) is 39.0 Å². The number of aromatic amines is 1. The van der Waals surface area contributed by atoms with Crippen molar-refractivity contribution in [3.05, 3.63) is 51.8 Å². The van der Waals surface area contributed by atoms with Crippen molar-refractivity contribution in [2.75, 3.05) is 12.4 Å². The van der Waals surface area contributed by atoms with E-state index in [1.807, 2.05) is 0 Å². The molecule has 1 aromatic heterocycles. The molecule has 0 aliphatic heterocycles. The third-order valence-electron chi connectivity index (χ3n) is 3.69. The highest BCUT2D eigenvalue weighted by atomic mass is 35.5. The van der Waals surface area contributed by atoms with Gasteiger partial charge in [-0.15, -0.1) is 0 Å². The number of aryl methyl sites for hydroxylation is 1. The average molecular weight is 335 g/mol. The molecule has 0 radical (unpaired) electrons. The van der Waals surface area contributed by atoms with Crippen molar-refractivity contribution < 1.29 is 14.3 Å². The highest BCUT2D eigenvalue weighted by molar-refractivity contribution is 6.30. The largest absolute Gasteiger partial charge is 0.465 e. The van der Waals surface area contributed by atoms with Crippen LogP contribution in [0.4, 0.5) is 5.69 Å². The zero-order valence-corrected chi connectivity index (χ0v) is 14.2. The molecular formula is C17H19ClN2O3. The Bertz CT molecular complexity index is 735. The highest BCUT2D eigenvalue weighted by Gasteiger charge is 2.25. The molecule has 2 aromatic rings. The van der Waals surface area contributed by atoms with Crippen molar-refractivity contribution in [3.63, 3.8) is 0 Å². The maximum atomic E-state index is 12.6. The molecule has 2 N–H and O–H groups in total. The molecular weight excluding hydrogens is 316 g/mol. The van der Waals surface area contributed by atoms with Gasteiger partial charge in [-0.05, 0) is 50.6 Å². The summed E-state index contributed by atoms with van der Waals surface area (Å²) in [7, 11) is 1.32. The molecule has 2 rings (SSSR count). The van der Waals surface area contributed by atoms with Gasteiger partial charge in [-0.3, -0.25) is 4.79 Å². The molecule has 0 aliphatic carbocycles. The number of ether oxygens (including phenoxy) is 1. The molecule has 0 unspecified atom stereocenters. The Labute approximate surface area is 140 Å². The molecule has 0 fully saturated rings. The summed E-state index contributed by atoms with van der Waals surface area (Å²) in [5.41, 5.74) is 2.84. The van der Waals surface area contributed by atoms with Gasteiger partial charge in [-0.25, -0.2) is 4.79 Å². The van der Waals surface area contributed by atoms with Gasteiger partial charge in [-0.2, -0.15) is 0 Å².